The summed E-state index contributed by atoms with van der Waals surface area (Å²) >= 11 is 4.87. The van der Waals surface area contributed by atoms with Crippen molar-refractivity contribution in [1.29, 1.82) is 0 Å². The number of azide groups is 1. The Morgan fingerprint density at radius 3 is 2.13 bits per heavy atom. The number of carbonyl (C=O) groups excluding carboxylic acids is 1. The maximum Gasteiger partial charge on any atom is 0.346 e. The summed E-state index contributed by atoms with van der Waals surface area (Å²) in [5.74, 6) is -0.454. The number of nitrogens with one attached hydrogen (secondary N) is 1. The molecule has 0 radical (unpaired) electrons. The van der Waals surface area contributed by atoms with Crippen molar-refractivity contribution >= 4 is 24.4 Å². The van der Waals surface area contributed by atoms with Gasteiger partial charge in [0.25, 0.3) is 0 Å². The lowest BCUT2D eigenvalue weighted by molar-refractivity contribution is -0.129. The molecule has 1 aliphatic rings. The van der Waals surface area contributed by atoms with Gasteiger partial charge in [0.1, 0.15) is 0 Å². The van der Waals surface area contributed by atoms with E-state index >= 15 is 0 Å². The first kappa shape index (κ1) is 27.2. The molecule has 1 unspecified atom stereocenters. The fraction of sp³-hybridized carbons (Fsp3) is 0.938. The van der Waals surface area contributed by atoms with Crippen LogP contribution in [-0.4, -0.2) is 76.3 Å². The lowest BCUT2D eigenvalue weighted by Crippen LogP contribution is -2.25. The molecule has 1 aliphatic carbocycles. The standard InChI is InChI=1S/C16H31N4O8PS/c17-20-18-6-8-24-10-12-26-14-13-25-11-9-23-7-5-16(21)19-28-29(22,30)27-15-3-1-2-4-15/h15H,1-14H2,(H,19,21)(H,22,30). The zero-order valence-corrected chi connectivity index (χ0v) is 18.7. The Morgan fingerprint density at radius 1 is 1.03 bits per heavy atom. The number of hydroxylamine groups is 1. The number of rotatable bonds is 19. The van der Waals surface area contributed by atoms with E-state index in [1.54, 1.807) is 0 Å². The van der Waals surface area contributed by atoms with Gasteiger partial charge in [-0.05, 0) is 30.2 Å². The Morgan fingerprint density at radius 2 is 1.57 bits per heavy atom. The topological polar surface area (TPSA) is 153 Å². The molecule has 1 saturated carbocycles. The van der Waals surface area contributed by atoms with Crippen molar-refractivity contribution < 1.29 is 37.8 Å². The average molecular weight is 470 g/mol. The van der Waals surface area contributed by atoms with Crippen molar-refractivity contribution in [2.24, 2.45) is 5.11 Å². The van der Waals surface area contributed by atoms with Crippen LogP contribution in [0.1, 0.15) is 32.1 Å². The van der Waals surface area contributed by atoms with E-state index in [1.165, 1.54) is 0 Å². The minimum atomic E-state index is -3.47. The van der Waals surface area contributed by atoms with Gasteiger partial charge >= 0.3 is 6.72 Å². The maximum absolute atomic E-state index is 11.7. The molecule has 12 nitrogen and oxygen atoms in total. The minimum Gasteiger partial charge on any atom is -0.379 e. The van der Waals surface area contributed by atoms with Crippen molar-refractivity contribution in [2.45, 2.75) is 38.2 Å². The quantitative estimate of drug-likeness (QED) is 0.0720. The molecule has 1 atom stereocenters. The van der Waals surface area contributed by atoms with Crippen LogP contribution in [-0.2, 0) is 44.7 Å². The highest BCUT2D eigenvalue weighted by molar-refractivity contribution is 8.07. The van der Waals surface area contributed by atoms with E-state index in [2.05, 4.69) is 15.5 Å². The van der Waals surface area contributed by atoms with Crippen molar-refractivity contribution in [3.05, 3.63) is 10.4 Å². The van der Waals surface area contributed by atoms with E-state index in [-0.39, 0.29) is 19.1 Å². The molecule has 0 spiro atoms. The summed E-state index contributed by atoms with van der Waals surface area (Å²) in [6.45, 7) is -0.208. The maximum atomic E-state index is 11.7. The number of nitrogens with zero attached hydrogens (tertiary/aromatic N) is 3. The second-order valence-corrected chi connectivity index (χ2v) is 8.97. The van der Waals surface area contributed by atoms with Crippen molar-refractivity contribution in [2.75, 3.05) is 59.4 Å². The molecular formula is C16H31N4O8PS. The normalized spacial score (nSPS) is 16.2. The van der Waals surface area contributed by atoms with Gasteiger partial charge in [-0.15, -0.1) is 0 Å². The van der Waals surface area contributed by atoms with Crippen LogP contribution in [0.4, 0.5) is 0 Å². The number of amides is 1. The average Bonchev–Trinajstić information content (AvgIpc) is 3.21. The van der Waals surface area contributed by atoms with Gasteiger partial charge in [0.2, 0.25) is 5.91 Å². The van der Waals surface area contributed by atoms with E-state index < -0.39 is 12.6 Å². The van der Waals surface area contributed by atoms with Crippen molar-refractivity contribution in [3.63, 3.8) is 0 Å². The Bertz CT molecular complexity index is 561. The predicted molar refractivity (Wildman–Crippen MR) is 111 cm³/mol. The summed E-state index contributed by atoms with van der Waals surface area (Å²) in [4.78, 5) is 24.2. The third-order valence-electron chi connectivity index (χ3n) is 3.85. The molecule has 0 aromatic heterocycles. The fourth-order valence-corrected chi connectivity index (χ4v) is 3.76. The van der Waals surface area contributed by atoms with Gasteiger partial charge in [0, 0.05) is 11.5 Å². The SMILES string of the molecule is [N-]=[N+]=NCCOCCOCCOCCOCCC(=O)NOP(O)(=S)OC1CCCC1. The molecule has 0 aliphatic heterocycles. The highest BCUT2D eigenvalue weighted by atomic mass is 32.5. The van der Waals surface area contributed by atoms with Crippen molar-refractivity contribution in [3.8, 4) is 0 Å². The summed E-state index contributed by atoms with van der Waals surface area (Å²) in [6.07, 6.45) is 3.71. The zero-order chi connectivity index (χ0) is 21.9. The van der Waals surface area contributed by atoms with E-state index in [9.17, 15) is 9.69 Å². The molecule has 30 heavy (non-hydrogen) atoms. The van der Waals surface area contributed by atoms with Gasteiger partial charge in [-0.25, -0.2) is 5.48 Å². The van der Waals surface area contributed by atoms with Crippen molar-refractivity contribution in [1.82, 2.24) is 5.48 Å². The van der Waals surface area contributed by atoms with E-state index in [0.29, 0.717) is 52.8 Å². The molecule has 14 heteroatoms. The zero-order valence-electron chi connectivity index (χ0n) is 17.0. The number of hydrogen-bond acceptors (Lipinski definition) is 9. The third-order valence-corrected chi connectivity index (χ3v) is 5.22. The molecule has 1 amide bonds. The van der Waals surface area contributed by atoms with E-state index in [4.69, 9.17) is 45.4 Å². The molecule has 1 rings (SSSR count). The van der Waals surface area contributed by atoms with Crippen LogP contribution < -0.4 is 5.48 Å². The van der Waals surface area contributed by atoms with E-state index in [0.717, 1.165) is 25.7 Å². The Kier molecular flexibility index (Phi) is 16.1. The van der Waals surface area contributed by atoms with Gasteiger partial charge in [0.05, 0.1) is 65.4 Å². The molecule has 0 saturated heterocycles. The molecule has 2 N–H and O–H groups in total. The third kappa shape index (κ3) is 15.9. The largest absolute Gasteiger partial charge is 0.379 e. The lowest BCUT2D eigenvalue weighted by Gasteiger charge is -2.19. The van der Waals surface area contributed by atoms with Gasteiger partial charge in [-0.3, -0.25) is 4.79 Å². The number of carbonyl (C=O) groups is 1. The minimum absolute atomic E-state index is 0.0571. The van der Waals surface area contributed by atoms with Crippen LogP contribution in [0.3, 0.4) is 0 Å². The predicted octanol–water partition coefficient (Wildman–Crippen LogP) is 1.98. The summed E-state index contributed by atoms with van der Waals surface area (Å²) in [6, 6.07) is 0. The molecule has 0 heterocycles. The van der Waals surface area contributed by atoms with Crippen LogP contribution in [0.2, 0.25) is 0 Å². The molecular weight excluding hydrogens is 439 g/mol. The first-order valence-corrected chi connectivity index (χ1v) is 12.4. The van der Waals surface area contributed by atoms with Gasteiger partial charge in [-0.2, -0.15) is 4.62 Å². The Balaban J connectivity index is 1.84. The Labute approximate surface area is 181 Å². The van der Waals surface area contributed by atoms with Gasteiger partial charge < -0.3 is 28.4 Å². The van der Waals surface area contributed by atoms with Gasteiger partial charge in [-0.1, -0.05) is 18.0 Å². The highest BCUT2D eigenvalue weighted by Crippen LogP contribution is 2.46. The first-order valence-electron chi connectivity index (χ1n) is 9.84. The van der Waals surface area contributed by atoms with Gasteiger partial charge in [0.15, 0.2) is 0 Å². The second kappa shape index (κ2) is 17.8. The van der Waals surface area contributed by atoms with Crippen LogP contribution >= 0.6 is 6.72 Å². The summed E-state index contributed by atoms with van der Waals surface area (Å²) in [5, 5.41) is 3.34. The lowest BCUT2D eigenvalue weighted by atomic mass is 10.3. The summed E-state index contributed by atoms with van der Waals surface area (Å²) in [7, 11) is 0. The Hall–Kier alpha value is -0.850. The summed E-state index contributed by atoms with van der Waals surface area (Å²) in [5.41, 5.74) is 10.2. The van der Waals surface area contributed by atoms with Crippen LogP contribution in [0.25, 0.3) is 10.4 Å². The van der Waals surface area contributed by atoms with Crippen LogP contribution in [0.5, 0.6) is 0 Å². The number of hydrogen-bond donors (Lipinski definition) is 2. The van der Waals surface area contributed by atoms with Crippen LogP contribution in [0.15, 0.2) is 5.11 Å². The van der Waals surface area contributed by atoms with Crippen LogP contribution in [0, 0.1) is 0 Å². The fourth-order valence-electron chi connectivity index (χ4n) is 2.44. The van der Waals surface area contributed by atoms with E-state index in [1.807, 2.05) is 0 Å². The molecule has 0 aromatic carbocycles. The molecule has 174 valence electrons. The smallest absolute Gasteiger partial charge is 0.346 e. The second-order valence-electron chi connectivity index (χ2n) is 6.25. The molecule has 1 fully saturated rings. The molecule has 0 aromatic rings. The molecule has 0 bridgehead atoms. The summed E-state index contributed by atoms with van der Waals surface area (Å²) < 4.78 is 31.3. The number of ether oxygens (including phenoxy) is 4. The highest BCUT2D eigenvalue weighted by Gasteiger charge is 2.25. The first-order chi connectivity index (χ1) is 14.5. The monoisotopic (exact) mass is 470 g/mol.